The number of piperidine rings is 1. The van der Waals surface area contributed by atoms with E-state index in [1.165, 1.54) is 0 Å². The molecule has 1 aliphatic heterocycles. The molecule has 0 saturated carbocycles. The summed E-state index contributed by atoms with van der Waals surface area (Å²) in [6, 6.07) is 0.168. The maximum atomic E-state index is 12.6. The van der Waals surface area contributed by atoms with Gasteiger partial charge in [0.2, 0.25) is 5.91 Å². The fraction of sp³-hybridized carbons (Fsp3) is 0.750. The minimum Gasteiger partial charge on any atom is -0.372 e. The van der Waals surface area contributed by atoms with E-state index in [-0.39, 0.29) is 18.1 Å². The lowest BCUT2D eigenvalue weighted by Gasteiger charge is -2.39. The van der Waals surface area contributed by atoms with Gasteiger partial charge in [-0.2, -0.15) is 0 Å². The monoisotopic (exact) mass is 325 g/mol. The van der Waals surface area contributed by atoms with Gasteiger partial charge < -0.3 is 15.4 Å². The number of nitrogens with zero attached hydrogens (tertiary/aromatic N) is 2. The average molecular weight is 325 g/mol. The molecule has 0 bridgehead atoms. The van der Waals surface area contributed by atoms with Crippen molar-refractivity contribution in [3.63, 3.8) is 0 Å². The number of carbonyl (C=O) groups is 1. The van der Waals surface area contributed by atoms with Crippen molar-refractivity contribution in [3.8, 4) is 0 Å². The molecule has 0 aliphatic carbocycles. The third kappa shape index (κ3) is 4.06. The first-order valence-corrected chi connectivity index (χ1v) is 9.00. The lowest BCUT2D eigenvalue weighted by Crippen LogP contribution is -2.51. The molecule has 3 atom stereocenters. The molecule has 1 fully saturated rings. The normalized spacial score (nSPS) is 23.5. The Morgan fingerprint density at radius 2 is 2.41 bits per heavy atom. The molecule has 0 aromatic carbocycles. The standard InChI is InChI=1S/C16H27N3O2S/c1-4-21-12(3)16-18-13(10-22-16)8-15(20)19-7-5-6-11(2)14(19)9-17/h10-12,14H,4-9,17H2,1-3H3/t11-,12-,14+/m1/s1. The first-order chi connectivity index (χ1) is 10.6. The van der Waals surface area contributed by atoms with Gasteiger partial charge in [-0.15, -0.1) is 11.3 Å². The Morgan fingerprint density at radius 1 is 1.64 bits per heavy atom. The predicted octanol–water partition coefficient (Wildman–Crippen LogP) is 2.37. The lowest BCUT2D eigenvalue weighted by molar-refractivity contribution is -0.135. The molecule has 2 heterocycles. The van der Waals surface area contributed by atoms with E-state index < -0.39 is 0 Å². The zero-order valence-electron chi connectivity index (χ0n) is 13.7. The summed E-state index contributed by atoms with van der Waals surface area (Å²) in [7, 11) is 0. The summed E-state index contributed by atoms with van der Waals surface area (Å²) in [5.41, 5.74) is 6.71. The molecule has 2 rings (SSSR count). The van der Waals surface area contributed by atoms with Crippen LogP contribution in [0.1, 0.15) is 50.4 Å². The third-order valence-corrected chi connectivity index (χ3v) is 5.40. The van der Waals surface area contributed by atoms with Gasteiger partial charge in [0.15, 0.2) is 0 Å². The van der Waals surface area contributed by atoms with Crippen LogP contribution in [0.25, 0.3) is 0 Å². The van der Waals surface area contributed by atoms with Gasteiger partial charge in [-0.25, -0.2) is 4.98 Å². The van der Waals surface area contributed by atoms with Crippen molar-refractivity contribution < 1.29 is 9.53 Å². The van der Waals surface area contributed by atoms with Crippen molar-refractivity contribution in [2.24, 2.45) is 11.7 Å². The number of aromatic nitrogens is 1. The quantitative estimate of drug-likeness (QED) is 0.872. The zero-order valence-corrected chi connectivity index (χ0v) is 14.6. The molecule has 0 unspecified atom stereocenters. The van der Waals surface area contributed by atoms with Crippen LogP contribution in [-0.4, -0.2) is 41.5 Å². The van der Waals surface area contributed by atoms with Crippen molar-refractivity contribution in [3.05, 3.63) is 16.1 Å². The summed E-state index contributed by atoms with van der Waals surface area (Å²) in [5, 5.41) is 2.90. The van der Waals surface area contributed by atoms with Gasteiger partial charge in [0, 0.05) is 31.1 Å². The summed E-state index contributed by atoms with van der Waals surface area (Å²) in [6.07, 6.45) is 2.56. The first-order valence-electron chi connectivity index (χ1n) is 8.12. The van der Waals surface area contributed by atoms with Crippen LogP contribution in [-0.2, 0) is 16.0 Å². The Labute approximate surface area is 136 Å². The number of hydrogen-bond donors (Lipinski definition) is 1. The van der Waals surface area contributed by atoms with Crippen LogP contribution < -0.4 is 5.73 Å². The topological polar surface area (TPSA) is 68.5 Å². The number of thiazole rings is 1. The van der Waals surface area contributed by atoms with E-state index in [0.717, 1.165) is 30.1 Å². The number of ether oxygens (including phenoxy) is 1. The molecule has 1 amide bonds. The number of hydrogen-bond acceptors (Lipinski definition) is 5. The lowest BCUT2D eigenvalue weighted by atomic mass is 9.90. The second-order valence-corrected chi connectivity index (χ2v) is 6.85. The molecule has 0 radical (unpaired) electrons. The van der Waals surface area contributed by atoms with E-state index in [0.29, 0.717) is 25.5 Å². The van der Waals surface area contributed by atoms with Crippen molar-refractivity contribution >= 4 is 17.2 Å². The van der Waals surface area contributed by atoms with Crippen LogP contribution in [0.2, 0.25) is 0 Å². The summed E-state index contributed by atoms with van der Waals surface area (Å²) in [4.78, 5) is 19.1. The fourth-order valence-electron chi connectivity index (χ4n) is 3.09. The molecule has 124 valence electrons. The zero-order chi connectivity index (χ0) is 16.1. The number of amides is 1. The van der Waals surface area contributed by atoms with E-state index in [9.17, 15) is 4.79 Å². The van der Waals surface area contributed by atoms with Gasteiger partial charge in [0.1, 0.15) is 11.1 Å². The molecule has 1 aliphatic rings. The Hall–Kier alpha value is -0.980. The molecule has 1 aromatic rings. The highest BCUT2D eigenvalue weighted by Crippen LogP contribution is 2.25. The van der Waals surface area contributed by atoms with E-state index in [2.05, 4.69) is 11.9 Å². The molecule has 2 N–H and O–H groups in total. The van der Waals surface area contributed by atoms with Crippen LogP contribution in [0.5, 0.6) is 0 Å². The first kappa shape index (κ1) is 17.4. The molecule has 5 nitrogen and oxygen atoms in total. The van der Waals surface area contributed by atoms with Crippen LogP contribution in [0.15, 0.2) is 5.38 Å². The molecule has 1 saturated heterocycles. The predicted molar refractivity (Wildman–Crippen MR) is 88.8 cm³/mol. The van der Waals surface area contributed by atoms with Crippen LogP contribution in [0, 0.1) is 5.92 Å². The smallest absolute Gasteiger partial charge is 0.228 e. The largest absolute Gasteiger partial charge is 0.372 e. The van der Waals surface area contributed by atoms with Gasteiger partial charge in [-0.1, -0.05) is 6.92 Å². The van der Waals surface area contributed by atoms with Crippen molar-refractivity contribution in [2.75, 3.05) is 19.7 Å². The van der Waals surface area contributed by atoms with Gasteiger partial charge in [0.05, 0.1) is 12.1 Å². The average Bonchev–Trinajstić information content (AvgIpc) is 2.95. The second kappa shape index (κ2) is 8.04. The SMILES string of the molecule is CCO[C@H](C)c1nc(CC(=O)N2CCC[C@@H](C)[C@@H]2CN)cs1. The van der Waals surface area contributed by atoms with Gasteiger partial charge in [-0.3, -0.25) is 4.79 Å². The summed E-state index contributed by atoms with van der Waals surface area (Å²) < 4.78 is 5.55. The summed E-state index contributed by atoms with van der Waals surface area (Å²) in [6.45, 7) is 8.16. The Balaban J connectivity index is 1.99. The third-order valence-electron chi connectivity index (χ3n) is 4.34. The fourth-order valence-corrected chi connectivity index (χ4v) is 3.91. The van der Waals surface area contributed by atoms with Crippen LogP contribution >= 0.6 is 11.3 Å². The van der Waals surface area contributed by atoms with Crippen molar-refractivity contribution in [1.29, 1.82) is 0 Å². The highest BCUT2D eigenvalue weighted by atomic mass is 32.1. The van der Waals surface area contributed by atoms with Crippen LogP contribution in [0.3, 0.4) is 0 Å². The minimum absolute atomic E-state index is 0.00866. The Bertz CT molecular complexity index is 491. The molecule has 1 aromatic heterocycles. The van der Waals surface area contributed by atoms with Gasteiger partial charge >= 0.3 is 0 Å². The highest BCUT2D eigenvalue weighted by Gasteiger charge is 2.30. The van der Waals surface area contributed by atoms with Gasteiger partial charge in [0.25, 0.3) is 0 Å². The van der Waals surface area contributed by atoms with E-state index in [4.69, 9.17) is 10.5 Å². The van der Waals surface area contributed by atoms with E-state index >= 15 is 0 Å². The molecule has 6 heteroatoms. The number of carbonyl (C=O) groups excluding carboxylic acids is 1. The summed E-state index contributed by atoms with van der Waals surface area (Å²) >= 11 is 1.56. The van der Waals surface area contributed by atoms with Gasteiger partial charge in [-0.05, 0) is 32.6 Å². The minimum atomic E-state index is -0.00866. The van der Waals surface area contributed by atoms with Crippen molar-refractivity contribution in [2.45, 2.75) is 52.2 Å². The Kier molecular flexibility index (Phi) is 6.35. The molecular weight excluding hydrogens is 298 g/mol. The number of likely N-dealkylation sites (tertiary alicyclic amines) is 1. The summed E-state index contributed by atoms with van der Waals surface area (Å²) in [5.74, 6) is 0.620. The number of rotatable bonds is 6. The van der Waals surface area contributed by atoms with Crippen LogP contribution in [0.4, 0.5) is 0 Å². The van der Waals surface area contributed by atoms with E-state index in [1.54, 1.807) is 11.3 Å². The number of nitrogens with two attached hydrogens (primary N) is 1. The molecule has 22 heavy (non-hydrogen) atoms. The maximum Gasteiger partial charge on any atom is 0.228 e. The molecule has 0 spiro atoms. The van der Waals surface area contributed by atoms with E-state index in [1.807, 2.05) is 24.1 Å². The highest BCUT2D eigenvalue weighted by molar-refractivity contribution is 7.09. The van der Waals surface area contributed by atoms with Crippen molar-refractivity contribution in [1.82, 2.24) is 9.88 Å². The maximum absolute atomic E-state index is 12.6. The molecular formula is C16H27N3O2S. The second-order valence-electron chi connectivity index (χ2n) is 5.96. The Morgan fingerprint density at radius 3 is 3.09 bits per heavy atom.